The van der Waals surface area contributed by atoms with E-state index in [0.717, 1.165) is 22.4 Å². The number of hydrogen-bond acceptors (Lipinski definition) is 6. The van der Waals surface area contributed by atoms with Crippen LogP contribution in [0, 0.1) is 6.92 Å². The Morgan fingerprint density at radius 2 is 2.15 bits per heavy atom. The number of carbonyl (C=O) groups excluding carboxylic acids is 1. The van der Waals surface area contributed by atoms with Crippen LogP contribution in [-0.4, -0.2) is 29.4 Å². The summed E-state index contributed by atoms with van der Waals surface area (Å²) in [6, 6.07) is 7.04. The molecule has 0 atom stereocenters. The van der Waals surface area contributed by atoms with E-state index in [1.807, 2.05) is 25.1 Å². The molecule has 1 aliphatic rings. The largest absolute Gasteiger partial charge is 0.443 e. The maximum absolute atomic E-state index is 12.8. The summed E-state index contributed by atoms with van der Waals surface area (Å²) in [5.41, 5.74) is 2.51. The zero-order valence-corrected chi connectivity index (χ0v) is 15.3. The van der Waals surface area contributed by atoms with E-state index in [1.54, 1.807) is 12.0 Å². The first kappa shape index (κ1) is 17.5. The zero-order valence-electron chi connectivity index (χ0n) is 15.3. The van der Waals surface area contributed by atoms with Gasteiger partial charge in [0, 0.05) is 31.5 Å². The first-order valence-corrected chi connectivity index (χ1v) is 8.81. The standard InChI is InChI=1S/C20H20N2O5/c1-12-3-4-14-13(9-20(24)27-17(14)7-12)8-19(23)22-6-5-16-15(10-22)21-18(26-16)11-25-2/h3-4,7,9H,5-6,8,10-11H2,1-2H3. The molecule has 140 valence electrons. The summed E-state index contributed by atoms with van der Waals surface area (Å²) in [5.74, 6) is 1.29. The molecule has 7 nitrogen and oxygen atoms in total. The summed E-state index contributed by atoms with van der Waals surface area (Å²) in [4.78, 5) is 30.9. The van der Waals surface area contributed by atoms with Gasteiger partial charge >= 0.3 is 5.63 Å². The number of oxazole rings is 1. The van der Waals surface area contributed by atoms with Crippen molar-refractivity contribution in [3.8, 4) is 0 Å². The molecule has 27 heavy (non-hydrogen) atoms. The Morgan fingerprint density at radius 3 is 2.96 bits per heavy atom. The van der Waals surface area contributed by atoms with Crippen LogP contribution in [0.25, 0.3) is 11.0 Å². The van der Waals surface area contributed by atoms with E-state index in [1.165, 1.54) is 6.07 Å². The van der Waals surface area contributed by atoms with Crippen LogP contribution in [0.3, 0.4) is 0 Å². The summed E-state index contributed by atoms with van der Waals surface area (Å²) in [6.45, 7) is 3.20. The Morgan fingerprint density at radius 1 is 1.30 bits per heavy atom. The predicted molar refractivity (Wildman–Crippen MR) is 97.3 cm³/mol. The van der Waals surface area contributed by atoms with Gasteiger partial charge < -0.3 is 18.5 Å². The number of nitrogens with zero attached hydrogens (tertiary/aromatic N) is 2. The van der Waals surface area contributed by atoms with Gasteiger partial charge in [0.2, 0.25) is 11.8 Å². The van der Waals surface area contributed by atoms with E-state index >= 15 is 0 Å². The van der Waals surface area contributed by atoms with Crippen LogP contribution in [0.5, 0.6) is 0 Å². The van der Waals surface area contributed by atoms with Gasteiger partial charge in [0.15, 0.2) is 0 Å². The van der Waals surface area contributed by atoms with Crippen molar-refractivity contribution >= 4 is 16.9 Å². The molecule has 4 rings (SSSR count). The number of rotatable bonds is 4. The lowest BCUT2D eigenvalue weighted by Gasteiger charge is -2.25. The minimum atomic E-state index is -0.447. The van der Waals surface area contributed by atoms with Crippen LogP contribution in [-0.2, 0) is 35.5 Å². The Kier molecular flexibility index (Phi) is 4.53. The molecule has 0 saturated carbocycles. The number of hydrogen-bond donors (Lipinski definition) is 0. The molecule has 0 radical (unpaired) electrons. The molecule has 0 saturated heterocycles. The van der Waals surface area contributed by atoms with Crippen molar-refractivity contribution in [2.24, 2.45) is 0 Å². The van der Waals surface area contributed by atoms with Gasteiger partial charge in [0.1, 0.15) is 23.6 Å². The van der Waals surface area contributed by atoms with Crippen molar-refractivity contribution in [1.82, 2.24) is 9.88 Å². The average Bonchev–Trinajstić information content (AvgIpc) is 3.02. The van der Waals surface area contributed by atoms with Crippen LogP contribution in [0.2, 0.25) is 0 Å². The molecule has 0 unspecified atom stereocenters. The van der Waals surface area contributed by atoms with Crippen LogP contribution in [0.1, 0.15) is 28.5 Å². The summed E-state index contributed by atoms with van der Waals surface area (Å²) in [7, 11) is 1.58. The molecule has 2 aromatic heterocycles. The van der Waals surface area contributed by atoms with Gasteiger partial charge in [-0.1, -0.05) is 12.1 Å². The van der Waals surface area contributed by atoms with Crippen molar-refractivity contribution in [2.45, 2.75) is 32.9 Å². The molecule has 7 heteroatoms. The SMILES string of the molecule is COCc1nc2c(o1)CCN(C(=O)Cc1cc(=O)oc3cc(C)ccc13)C2. The molecular formula is C20H20N2O5. The maximum atomic E-state index is 12.8. The van der Waals surface area contributed by atoms with E-state index in [4.69, 9.17) is 13.6 Å². The maximum Gasteiger partial charge on any atom is 0.336 e. The fourth-order valence-electron chi connectivity index (χ4n) is 3.41. The molecule has 0 aliphatic carbocycles. The first-order valence-electron chi connectivity index (χ1n) is 8.81. The molecule has 0 fully saturated rings. The highest BCUT2D eigenvalue weighted by Gasteiger charge is 2.26. The summed E-state index contributed by atoms with van der Waals surface area (Å²) < 4.78 is 16.0. The lowest BCUT2D eigenvalue weighted by atomic mass is 10.0. The third-order valence-electron chi connectivity index (χ3n) is 4.72. The van der Waals surface area contributed by atoms with E-state index < -0.39 is 5.63 Å². The first-order chi connectivity index (χ1) is 13.0. The van der Waals surface area contributed by atoms with Gasteiger partial charge in [0.25, 0.3) is 0 Å². The second-order valence-electron chi connectivity index (χ2n) is 6.74. The fraction of sp³-hybridized carbons (Fsp3) is 0.350. The van der Waals surface area contributed by atoms with E-state index in [-0.39, 0.29) is 12.3 Å². The number of amides is 1. The van der Waals surface area contributed by atoms with E-state index in [2.05, 4.69) is 4.98 Å². The van der Waals surface area contributed by atoms with Gasteiger partial charge in [-0.05, 0) is 24.1 Å². The number of aryl methyl sites for hydroxylation is 1. The monoisotopic (exact) mass is 368 g/mol. The molecule has 0 bridgehead atoms. The molecule has 1 aliphatic heterocycles. The molecule has 1 amide bonds. The lowest BCUT2D eigenvalue weighted by Crippen LogP contribution is -2.36. The Hall–Kier alpha value is -2.93. The van der Waals surface area contributed by atoms with Crippen LogP contribution < -0.4 is 5.63 Å². The van der Waals surface area contributed by atoms with Crippen molar-refractivity contribution in [3.63, 3.8) is 0 Å². The second-order valence-corrected chi connectivity index (χ2v) is 6.74. The van der Waals surface area contributed by atoms with Gasteiger partial charge in [-0.3, -0.25) is 4.79 Å². The number of fused-ring (bicyclic) bond motifs is 2. The number of carbonyl (C=O) groups is 1. The van der Waals surface area contributed by atoms with Crippen molar-refractivity contribution in [1.29, 1.82) is 0 Å². The Labute approximate surface area is 155 Å². The molecule has 1 aromatic carbocycles. The van der Waals surface area contributed by atoms with Crippen molar-refractivity contribution in [2.75, 3.05) is 13.7 Å². The van der Waals surface area contributed by atoms with Crippen LogP contribution in [0.4, 0.5) is 0 Å². The predicted octanol–water partition coefficient (Wildman–Crippen LogP) is 2.36. The van der Waals surface area contributed by atoms with Crippen LogP contribution in [0.15, 0.2) is 37.9 Å². The number of benzene rings is 1. The molecule has 0 N–H and O–H groups in total. The number of methoxy groups -OCH3 is 1. The zero-order chi connectivity index (χ0) is 19.0. The van der Waals surface area contributed by atoms with E-state index in [0.29, 0.717) is 43.2 Å². The summed E-state index contributed by atoms with van der Waals surface area (Å²) in [6.07, 6.45) is 0.762. The summed E-state index contributed by atoms with van der Waals surface area (Å²) >= 11 is 0. The minimum Gasteiger partial charge on any atom is -0.443 e. The molecular weight excluding hydrogens is 348 g/mol. The summed E-state index contributed by atoms with van der Waals surface area (Å²) in [5, 5.41) is 0.787. The minimum absolute atomic E-state index is 0.0515. The van der Waals surface area contributed by atoms with Crippen molar-refractivity contribution < 1.29 is 18.4 Å². The quantitative estimate of drug-likeness (QED) is 0.657. The highest BCUT2D eigenvalue weighted by Crippen LogP contribution is 2.23. The Balaban J connectivity index is 1.56. The molecule has 0 spiro atoms. The van der Waals surface area contributed by atoms with Gasteiger partial charge in [-0.25, -0.2) is 9.78 Å². The third kappa shape index (κ3) is 3.50. The van der Waals surface area contributed by atoms with Gasteiger partial charge in [-0.15, -0.1) is 0 Å². The number of ether oxygens (including phenoxy) is 1. The second kappa shape index (κ2) is 7.00. The normalized spacial score (nSPS) is 13.8. The molecule has 3 heterocycles. The smallest absolute Gasteiger partial charge is 0.336 e. The van der Waals surface area contributed by atoms with Gasteiger partial charge in [0.05, 0.1) is 13.0 Å². The van der Waals surface area contributed by atoms with E-state index in [9.17, 15) is 9.59 Å². The van der Waals surface area contributed by atoms with Gasteiger partial charge in [-0.2, -0.15) is 0 Å². The third-order valence-corrected chi connectivity index (χ3v) is 4.72. The van der Waals surface area contributed by atoms with Crippen molar-refractivity contribution in [3.05, 3.63) is 63.2 Å². The topological polar surface area (TPSA) is 85.8 Å². The van der Waals surface area contributed by atoms with Crippen LogP contribution >= 0.6 is 0 Å². The fourth-order valence-corrected chi connectivity index (χ4v) is 3.41. The average molecular weight is 368 g/mol. The molecule has 3 aromatic rings. The lowest BCUT2D eigenvalue weighted by molar-refractivity contribution is -0.131. The Bertz CT molecular complexity index is 1070. The number of aromatic nitrogens is 1. The highest BCUT2D eigenvalue weighted by atomic mass is 16.5. The highest BCUT2D eigenvalue weighted by molar-refractivity contribution is 5.87.